The van der Waals surface area contributed by atoms with E-state index in [0.717, 1.165) is 38.5 Å². The van der Waals surface area contributed by atoms with Crippen molar-refractivity contribution in [2.24, 2.45) is 34.5 Å². The van der Waals surface area contributed by atoms with Crippen molar-refractivity contribution in [1.29, 1.82) is 5.26 Å². The molecular weight excluding hydrogens is 302 g/mol. The van der Waals surface area contributed by atoms with E-state index in [9.17, 15) is 15.2 Å². The topological polar surface area (TPSA) is 73.6 Å². The Morgan fingerprint density at radius 2 is 1.96 bits per heavy atom. The number of aliphatic hydroxyl groups is 1. The monoisotopic (exact) mass is 329 g/mol. The third kappa shape index (κ3) is 1.51. The van der Waals surface area contributed by atoms with Crippen LogP contribution in [0.5, 0.6) is 0 Å². The number of fused-ring (bicyclic) bond motifs is 4. The Balaban J connectivity index is 1.53. The van der Waals surface area contributed by atoms with Crippen LogP contribution in [0.3, 0.4) is 0 Å². The van der Waals surface area contributed by atoms with E-state index >= 15 is 0 Å². The van der Waals surface area contributed by atoms with Crippen LogP contribution in [0.1, 0.15) is 58.8 Å². The molecule has 1 spiro atoms. The quantitative estimate of drug-likeness (QED) is 0.694. The fourth-order valence-electron chi connectivity index (χ4n) is 7.66. The van der Waals surface area contributed by atoms with Crippen LogP contribution in [-0.2, 0) is 9.53 Å². The number of aliphatic hydroxyl groups excluding tert-OH is 1. The van der Waals surface area contributed by atoms with Crippen molar-refractivity contribution >= 4 is 5.78 Å². The van der Waals surface area contributed by atoms with Crippen LogP contribution < -0.4 is 0 Å². The average Bonchev–Trinajstić information content (AvgIpc) is 3.23. The summed E-state index contributed by atoms with van der Waals surface area (Å²) < 4.78 is 6.07. The molecule has 9 atom stereocenters. The van der Waals surface area contributed by atoms with Gasteiger partial charge in [-0.15, -0.1) is 0 Å². The summed E-state index contributed by atoms with van der Waals surface area (Å²) in [5.74, 6) is 1.29. The number of epoxide rings is 1. The van der Waals surface area contributed by atoms with Gasteiger partial charge in [0.15, 0.2) is 5.78 Å². The van der Waals surface area contributed by atoms with Gasteiger partial charge < -0.3 is 9.84 Å². The van der Waals surface area contributed by atoms with E-state index in [1.165, 1.54) is 0 Å². The molecule has 0 bridgehead atoms. The number of hydrogen-bond acceptors (Lipinski definition) is 4. The molecule has 5 rings (SSSR count). The van der Waals surface area contributed by atoms with Crippen molar-refractivity contribution in [1.82, 2.24) is 0 Å². The highest BCUT2D eigenvalue weighted by molar-refractivity contribution is 5.92. The van der Waals surface area contributed by atoms with E-state index < -0.39 is 5.92 Å². The van der Waals surface area contributed by atoms with Crippen molar-refractivity contribution in [3.8, 4) is 6.07 Å². The second-order valence-electron chi connectivity index (χ2n) is 9.65. The molecular formula is C20H27NO3. The molecule has 4 saturated carbocycles. The van der Waals surface area contributed by atoms with Gasteiger partial charge in [0.05, 0.1) is 12.2 Å². The van der Waals surface area contributed by atoms with Crippen LogP contribution in [0.2, 0.25) is 0 Å². The van der Waals surface area contributed by atoms with Crippen molar-refractivity contribution in [3.05, 3.63) is 0 Å². The Morgan fingerprint density at radius 3 is 2.71 bits per heavy atom. The summed E-state index contributed by atoms with van der Waals surface area (Å²) in [6.45, 7) is 4.59. The molecule has 0 aromatic heterocycles. The molecule has 5 fully saturated rings. The van der Waals surface area contributed by atoms with E-state index in [0.29, 0.717) is 24.2 Å². The molecule has 4 nitrogen and oxygen atoms in total. The van der Waals surface area contributed by atoms with Gasteiger partial charge in [0.25, 0.3) is 0 Å². The number of nitriles is 1. The maximum Gasteiger partial charge on any atom is 0.181 e. The lowest BCUT2D eigenvalue weighted by atomic mass is 9.44. The molecule has 1 aliphatic heterocycles. The molecule has 5 aliphatic rings. The molecule has 0 radical (unpaired) electrons. The first-order chi connectivity index (χ1) is 11.4. The predicted octanol–water partition coefficient (Wildman–Crippen LogP) is 2.84. The lowest BCUT2D eigenvalue weighted by molar-refractivity contribution is -0.138. The van der Waals surface area contributed by atoms with Crippen LogP contribution in [0, 0.1) is 45.8 Å². The lowest BCUT2D eigenvalue weighted by Crippen LogP contribution is -2.59. The average molecular weight is 329 g/mol. The molecule has 0 amide bonds. The number of nitrogens with zero attached hydrogens (tertiary/aromatic N) is 1. The summed E-state index contributed by atoms with van der Waals surface area (Å²) in [5.41, 5.74) is -0.252. The number of Topliss-reactive ketones (excluding diaryl/α,β-unsaturated/α-hetero) is 1. The van der Waals surface area contributed by atoms with E-state index in [1.54, 1.807) is 0 Å². The molecule has 130 valence electrons. The number of carbonyl (C=O) groups is 1. The zero-order chi connectivity index (χ0) is 16.9. The minimum atomic E-state index is -0.489. The first-order valence-corrected chi connectivity index (χ1v) is 9.67. The summed E-state index contributed by atoms with van der Waals surface area (Å²) in [6, 6.07) is 2.25. The molecule has 1 heterocycles. The van der Waals surface area contributed by atoms with Crippen LogP contribution in [0.15, 0.2) is 0 Å². The fourth-order valence-corrected chi connectivity index (χ4v) is 7.66. The van der Waals surface area contributed by atoms with Gasteiger partial charge in [0.2, 0.25) is 0 Å². The largest absolute Gasteiger partial charge is 0.393 e. The number of hydrogen-bond donors (Lipinski definition) is 1. The Labute approximate surface area is 143 Å². The highest BCUT2D eigenvalue weighted by Crippen LogP contribution is 2.72. The minimum absolute atomic E-state index is 0.0327. The summed E-state index contributed by atoms with van der Waals surface area (Å²) in [4.78, 5) is 12.4. The summed E-state index contributed by atoms with van der Waals surface area (Å²) >= 11 is 0. The Kier molecular flexibility index (Phi) is 2.83. The van der Waals surface area contributed by atoms with Gasteiger partial charge >= 0.3 is 0 Å². The number of ketones is 1. The van der Waals surface area contributed by atoms with Gasteiger partial charge in [0.1, 0.15) is 17.6 Å². The molecule has 0 aromatic carbocycles. The highest BCUT2D eigenvalue weighted by atomic mass is 16.6. The van der Waals surface area contributed by atoms with Gasteiger partial charge in [0, 0.05) is 5.41 Å². The van der Waals surface area contributed by atoms with Gasteiger partial charge in [-0.25, -0.2) is 0 Å². The van der Waals surface area contributed by atoms with Gasteiger partial charge in [-0.3, -0.25) is 4.79 Å². The molecule has 4 aliphatic carbocycles. The first kappa shape index (κ1) is 15.3. The molecule has 0 aromatic rings. The van der Waals surface area contributed by atoms with Crippen molar-refractivity contribution in [3.63, 3.8) is 0 Å². The number of ether oxygens (including phenoxy) is 1. The molecule has 4 heteroatoms. The van der Waals surface area contributed by atoms with E-state index in [1.807, 2.05) is 0 Å². The van der Waals surface area contributed by atoms with Crippen LogP contribution in [-0.4, -0.2) is 28.7 Å². The van der Waals surface area contributed by atoms with E-state index in [2.05, 4.69) is 19.9 Å². The Hall–Kier alpha value is -0.920. The third-order valence-corrected chi connectivity index (χ3v) is 9.10. The van der Waals surface area contributed by atoms with Crippen LogP contribution in [0.25, 0.3) is 0 Å². The first-order valence-electron chi connectivity index (χ1n) is 9.67. The normalized spacial score (nSPS) is 61.2. The number of rotatable bonds is 0. The van der Waals surface area contributed by atoms with Crippen molar-refractivity contribution in [2.45, 2.75) is 76.6 Å². The van der Waals surface area contributed by atoms with Gasteiger partial charge in [-0.05, 0) is 68.1 Å². The van der Waals surface area contributed by atoms with E-state index in [-0.39, 0.29) is 34.4 Å². The van der Waals surface area contributed by atoms with Crippen LogP contribution >= 0.6 is 0 Å². The molecule has 1 saturated heterocycles. The van der Waals surface area contributed by atoms with Crippen molar-refractivity contribution in [2.75, 3.05) is 0 Å². The zero-order valence-corrected chi connectivity index (χ0v) is 14.6. The van der Waals surface area contributed by atoms with Gasteiger partial charge in [-0.2, -0.15) is 5.26 Å². The number of carbonyl (C=O) groups excluding carboxylic acids is 1. The third-order valence-electron chi connectivity index (χ3n) is 9.10. The Bertz CT molecular complexity index is 656. The van der Waals surface area contributed by atoms with Crippen molar-refractivity contribution < 1.29 is 14.6 Å². The Morgan fingerprint density at radius 1 is 1.17 bits per heavy atom. The molecule has 24 heavy (non-hydrogen) atoms. The highest BCUT2D eigenvalue weighted by Gasteiger charge is 2.78. The molecule has 1 N–H and O–H groups in total. The summed E-state index contributed by atoms with van der Waals surface area (Å²) in [6.07, 6.45) is 6.53. The zero-order valence-electron chi connectivity index (χ0n) is 14.6. The summed E-state index contributed by atoms with van der Waals surface area (Å²) in [5, 5.41) is 20.0. The second-order valence-corrected chi connectivity index (χ2v) is 9.65. The van der Waals surface area contributed by atoms with Gasteiger partial charge in [-0.1, -0.05) is 13.8 Å². The minimum Gasteiger partial charge on any atom is -0.393 e. The summed E-state index contributed by atoms with van der Waals surface area (Å²) in [7, 11) is 0. The van der Waals surface area contributed by atoms with E-state index in [4.69, 9.17) is 4.74 Å². The standard InChI is InChI=1S/C20H27NO3/c1-18-7-6-14-12(13(18)3-4-15(18)22)5-8-20-17(24-20)16(23)11(10-21)9-19(14,20)2/h11-15,17,22H,3-9H2,1-2H3/t11?,12-,13-,14+,15?,17?,18-,19+,20?/m0/s1. The maximum absolute atomic E-state index is 12.4. The predicted molar refractivity (Wildman–Crippen MR) is 86.7 cm³/mol. The lowest BCUT2D eigenvalue weighted by Gasteiger charge is -2.59. The smallest absolute Gasteiger partial charge is 0.181 e. The SMILES string of the molecule is C[C@]12CC[C@@H]3[C@@H](CCC45OC4C(=O)C(C#N)C[C@]35C)[C@@H]1CCC2O. The van der Waals surface area contributed by atoms with Crippen LogP contribution in [0.4, 0.5) is 0 Å². The fraction of sp³-hybridized carbons (Fsp3) is 0.900. The second kappa shape index (κ2) is 4.43. The maximum atomic E-state index is 12.4. The molecule has 4 unspecified atom stereocenters.